The number of para-hydroxylation sites is 1. The number of hydrogen-bond acceptors (Lipinski definition) is 3. The minimum absolute atomic E-state index is 0.147. The van der Waals surface area contributed by atoms with Gasteiger partial charge < -0.3 is 15.0 Å². The Labute approximate surface area is 126 Å². The van der Waals surface area contributed by atoms with Crippen LogP contribution in [0.25, 0.3) is 0 Å². The lowest BCUT2D eigenvalue weighted by molar-refractivity contribution is -0.137. The van der Waals surface area contributed by atoms with Crippen LogP contribution in [0, 0.1) is 5.92 Å². The van der Waals surface area contributed by atoms with Crippen LogP contribution in [0.3, 0.4) is 0 Å². The van der Waals surface area contributed by atoms with Crippen molar-refractivity contribution in [2.75, 3.05) is 26.7 Å². The molecule has 0 spiro atoms. The summed E-state index contributed by atoms with van der Waals surface area (Å²) < 4.78 is 5.48. The molecule has 2 heterocycles. The lowest BCUT2D eigenvalue weighted by Gasteiger charge is -2.31. The van der Waals surface area contributed by atoms with Crippen molar-refractivity contribution < 1.29 is 9.53 Å². The highest BCUT2D eigenvalue weighted by atomic mass is 16.5. The monoisotopic (exact) mass is 288 g/mol. The fourth-order valence-corrected chi connectivity index (χ4v) is 3.59. The summed E-state index contributed by atoms with van der Waals surface area (Å²) in [6.45, 7) is 2.74. The normalized spacial score (nSPS) is 25.9. The molecule has 2 aliphatic rings. The van der Waals surface area contributed by atoms with E-state index in [0.29, 0.717) is 5.91 Å². The summed E-state index contributed by atoms with van der Waals surface area (Å²) in [4.78, 5) is 14.9. The van der Waals surface area contributed by atoms with E-state index in [9.17, 15) is 4.79 Å². The number of rotatable bonds is 3. The first-order valence-electron chi connectivity index (χ1n) is 7.95. The maximum Gasteiger partial charge on any atom is 0.227 e. The van der Waals surface area contributed by atoms with Gasteiger partial charge in [-0.05, 0) is 38.3 Å². The molecule has 3 rings (SSSR count). The molecule has 1 N–H and O–H groups in total. The third-order valence-electron chi connectivity index (χ3n) is 4.68. The molecular weight excluding hydrogens is 264 g/mol. The Kier molecular flexibility index (Phi) is 4.44. The van der Waals surface area contributed by atoms with E-state index in [1.54, 1.807) is 7.11 Å². The Morgan fingerprint density at radius 3 is 2.90 bits per heavy atom. The summed E-state index contributed by atoms with van der Waals surface area (Å²) in [5, 5.41) is 3.34. The largest absolute Gasteiger partial charge is 0.496 e. The molecule has 4 nitrogen and oxygen atoms in total. The molecule has 4 heteroatoms. The summed E-state index contributed by atoms with van der Waals surface area (Å²) in [5.41, 5.74) is 1.15. The zero-order chi connectivity index (χ0) is 14.7. The number of carbonyl (C=O) groups is 1. The van der Waals surface area contributed by atoms with Gasteiger partial charge in [-0.2, -0.15) is 0 Å². The molecule has 2 aliphatic heterocycles. The van der Waals surface area contributed by atoms with Gasteiger partial charge in [-0.1, -0.05) is 18.2 Å². The van der Waals surface area contributed by atoms with Gasteiger partial charge in [0, 0.05) is 18.7 Å². The van der Waals surface area contributed by atoms with E-state index in [2.05, 4.69) is 16.3 Å². The molecule has 114 valence electrons. The Hall–Kier alpha value is -1.55. The van der Waals surface area contributed by atoms with E-state index >= 15 is 0 Å². The van der Waals surface area contributed by atoms with Crippen molar-refractivity contribution in [3.8, 4) is 5.75 Å². The van der Waals surface area contributed by atoms with Gasteiger partial charge in [0.15, 0.2) is 0 Å². The third-order valence-corrected chi connectivity index (χ3v) is 4.68. The first kappa shape index (κ1) is 14.4. The zero-order valence-corrected chi connectivity index (χ0v) is 12.7. The average molecular weight is 288 g/mol. The number of piperidine rings is 1. The van der Waals surface area contributed by atoms with E-state index in [1.807, 2.05) is 18.2 Å². The number of benzene rings is 1. The molecule has 0 radical (unpaired) electrons. The molecule has 0 unspecified atom stereocenters. The van der Waals surface area contributed by atoms with Crippen LogP contribution < -0.4 is 10.1 Å². The van der Waals surface area contributed by atoms with Gasteiger partial charge in [-0.15, -0.1) is 0 Å². The third kappa shape index (κ3) is 2.91. The van der Waals surface area contributed by atoms with E-state index < -0.39 is 0 Å². The Morgan fingerprint density at radius 1 is 1.29 bits per heavy atom. The summed E-state index contributed by atoms with van der Waals surface area (Å²) in [6.07, 6.45) is 4.23. The quantitative estimate of drug-likeness (QED) is 0.928. The second-order valence-corrected chi connectivity index (χ2v) is 5.97. The summed E-state index contributed by atoms with van der Waals surface area (Å²) >= 11 is 0. The number of nitrogens with zero attached hydrogens (tertiary/aromatic N) is 1. The van der Waals surface area contributed by atoms with Gasteiger partial charge >= 0.3 is 0 Å². The van der Waals surface area contributed by atoms with Crippen LogP contribution in [0.5, 0.6) is 5.75 Å². The maximum absolute atomic E-state index is 12.8. The number of methoxy groups -OCH3 is 1. The lowest BCUT2D eigenvalue weighted by Crippen LogP contribution is -2.42. The molecule has 0 aromatic heterocycles. The minimum Gasteiger partial charge on any atom is -0.496 e. The molecule has 0 saturated carbocycles. The van der Waals surface area contributed by atoms with E-state index in [-0.39, 0.29) is 12.0 Å². The SMILES string of the molecule is COc1ccccc1[C@H]1CCCN1C(=O)[C@H]1CCCNC1. The first-order valence-corrected chi connectivity index (χ1v) is 7.95. The van der Waals surface area contributed by atoms with E-state index in [0.717, 1.165) is 56.6 Å². The molecule has 2 fully saturated rings. The van der Waals surface area contributed by atoms with Crippen molar-refractivity contribution in [3.05, 3.63) is 29.8 Å². The fourth-order valence-electron chi connectivity index (χ4n) is 3.59. The maximum atomic E-state index is 12.8. The van der Waals surface area contributed by atoms with Crippen molar-refractivity contribution in [2.45, 2.75) is 31.7 Å². The van der Waals surface area contributed by atoms with Crippen molar-refractivity contribution in [1.29, 1.82) is 0 Å². The van der Waals surface area contributed by atoms with Crippen LogP contribution in [0.1, 0.15) is 37.3 Å². The number of ether oxygens (including phenoxy) is 1. The molecule has 21 heavy (non-hydrogen) atoms. The smallest absolute Gasteiger partial charge is 0.227 e. The van der Waals surface area contributed by atoms with Crippen LogP contribution in [-0.2, 0) is 4.79 Å². The molecule has 0 aliphatic carbocycles. The van der Waals surface area contributed by atoms with E-state index in [1.165, 1.54) is 0 Å². The first-order chi connectivity index (χ1) is 10.3. The summed E-state index contributed by atoms with van der Waals surface area (Å²) in [5.74, 6) is 1.36. The Morgan fingerprint density at radius 2 is 2.14 bits per heavy atom. The summed E-state index contributed by atoms with van der Waals surface area (Å²) in [6, 6.07) is 8.26. The van der Waals surface area contributed by atoms with Crippen molar-refractivity contribution in [1.82, 2.24) is 10.2 Å². The summed E-state index contributed by atoms with van der Waals surface area (Å²) in [7, 11) is 1.70. The number of amides is 1. The number of likely N-dealkylation sites (tertiary alicyclic amines) is 1. The average Bonchev–Trinajstić information content (AvgIpc) is 3.04. The topological polar surface area (TPSA) is 41.6 Å². The van der Waals surface area contributed by atoms with Crippen molar-refractivity contribution in [2.24, 2.45) is 5.92 Å². The molecule has 2 atom stereocenters. The van der Waals surface area contributed by atoms with Gasteiger partial charge in [0.1, 0.15) is 5.75 Å². The van der Waals surface area contributed by atoms with Gasteiger partial charge in [0.2, 0.25) is 5.91 Å². The highest BCUT2D eigenvalue weighted by Gasteiger charge is 2.35. The minimum atomic E-state index is 0.147. The lowest BCUT2D eigenvalue weighted by atomic mass is 9.96. The predicted octanol–water partition coefficient (Wildman–Crippen LogP) is 2.36. The number of nitrogens with one attached hydrogen (secondary N) is 1. The van der Waals surface area contributed by atoms with Crippen LogP contribution in [0.4, 0.5) is 0 Å². The van der Waals surface area contributed by atoms with Crippen molar-refractivity contribution in [3.63, 3.8) is 0 Å². The molecule has 1 amide bonds. The van der Waals surface area contributed by atoms with Crippen molar-refractivity contribution >= 4 is 5.91 Å². The number of carbonyl (C=O) groups excluding carboxylic acids is 1. The van der Waals surface area contributed by atoms with Gasteiger partial charge in [0.25, 0.3) is 0 Å². The Bertz CT molecular complexity index is 497. The highest BCUT2D eigenvalue weighted by Crippen LogP contribution is 2.38. The molecule has 2 saturated heterocycles. The molecule has 1 aromatic rings. The van der Waals surface area contributed by atoms with Gasteiger partial charge in [0.05, 0.1) is 19.1 Å². The van der Waals surface area contributed by atoms with Crippen LogP contribution in [0.15, 0.2) is 24.3 Å². The standard InChI is InChI=1S/C17H24N2O2/c1-21-16-9-3-2-7-14(16)15-8-5-11-19(15)17(20)13-6-4-10-18-12-13/h2-3,7,9,13,15,18H,4-6,8,10-12H2,1H3/t13-,15+/m0/s1. The number of hydrogen-bond donors (Lipinski definition) is 1. The van der Waals surface area contributed by atoms with Gasteiger partial charge in [-0.25, -0.2) is 0 Å². The van der Waals surface area contributed by atoms with Gasteiger partial charge in [-0.3, -0.25) is 4.79 Å². The van der Waals surface area contributed by atoms with E-state index in [4.69, 9.17) is 4.74 Å². The zero-order valence-electron chi connectivity index (χ0n) is 12.7. The predicted molar refractivity (Wildman–Crippen MR) is 82.3 cm³/mol. The van der Waals surface area contributed by atoms with Crippen LogP contribution >= 0.6 is 0 Å². The highest BCUT2D eigenvalue weighted by molar-refractivity contribution is 5.80. The molecular formula is C17H24N2O2. The molecule has 0 bridgehead atoms. The molecule has 1 aromatic carbocycles. The second-order valence-electron chi connectivity index (χ2n) is 5.97. The van der Waals surface area contributed by atoms with Crippen LogP contribution in [-0.4, -0.2) is 37.6 Å². The van der Waals surface area contributed by atoms with Crippen LogP contribution in [0.2, 0.25) is 0 Å². The fraction of sp³-hybridized carbons (Fsp3) is 0.588. The second kappa shape index (κ2) is 6.48. The Balaban J connectivity index is 1.80.